The average Bonchev–Trinajstić information content (AvgIpc) is 2.40. The molecule has 1 fully saturated rings. The van der Waals surface area contributed by atoms with E-state index in [0.29, 0.717) is 23.9 Å². The van der Waals surface area contributed by atoms with E-state index in [2.05, 4.69) is 27.9 Å². The molecule has 1 aliphatic heterocycles. The van der Waals surface area contributed by atoms with Crippen molar-refractivity contribution in [1.29, 1.82) is 0 Å². The molecule has 0 spiro atoms. The van der Waals surface area contributed by atoms with Crippen LogP contribution in [0.1, 0.15) is 10.4 Å². The van der Waals surface area contributed by atoms with Crippen LogP contribution in [0.25, 0.3) is 0 Å². The van der Waals surface area contributed by atoms with E-state index in [1.807, 2.05) is 23.1 Å². The van der Waals surface area contributed by atoms with Crippen LogP contribution < -0.4 is 5.32 Å². The number of nitrogens with zero attached hydrogens (tertiary/aromatic N) is 1. The van der Waals surface area contributed by atoms with Gasteiger partial charge in [0.2, 0.25) is 0 Å². The number of hydrogen-bond acceptors (Lipinski definition) is 3. The van der Waals surface area contributed by atoms with Crippen molar-refractivity contribution in [1.82, 2.24) is 10.2 Å². The molecule has 1 heterocycles. The molecule has 1 aromatic rings. The Kier molecular flexibility index (Phi) is 4.90. The normalized spacial score (nSPS) is 15.3. The van der Waals surface area contributed by atoms with Gasteiger partial charge in [0, 0.05) is 16.7 Å². The summed E-state index contributed by atoms with van der Waals surface area (Å²) in [6.07, 6.45) is 0. The van der Waals surface area contributed by atoms with Crippen LogP contribution in [-0.2, 0) is 4.74 Å². The molecule has 0 saturated carbocycles. The highest BCUT2D eigenvalue weighted by Crippen LogP contribution is 2.11. The molecule has 0 aromatic heterocycles. The van der Waals surface area contributed by atoms with Crippen molar-refractivity contribution >= 4 is 45.8 Å². The maximum atomic E-state index is 12.1. The Morgan fingerprint density at radius 1 is 1.33 bits per heavy atom. The summed E-state index contributed by atoms with van der Waals surface area (Å²) in [7, 11) is 0. The fourth-order valence-electron chi connectivity index (χ4n) is 1.66. The Hall–Kier alpha value is -0.730. The van der Waals surface area contributed by atoms with Gasteiger partial charge in [-0.2, -0.15) is 0 Å². The highest BCUT2D eigenvalue weighted by molar-refractivity contribution is 14.1. The largest absolute Gasteiger partial charge is 0.378 e. The molecule has 0 aliphatic carbocycles. The number of amides is 1. The van der Waals surface area contributed by atoms with E-state index < -0.39 is 0 Å². The topological polar surface area (TPSA) is 41.6 Å². The van der Waals surface area contributed by atoms with Gasteiger partial charge in [-0.15, -0.1) is 0 Å². The van der Waals surface area contributed by atoms with Gasteiger partial charge < -0.3 is 9.64 Å². The number of benzene rings is 1. The summed E-state index contributed by atoms with van der Waals surface area (Å²) in [5, 5.41) is 3.24. The van der Waals surface area contributed by atoms with E-state index in [4.69, 9.17) is 17.0 Å². The highest BCUT2D eigenvalue weighted by atomic mass is 127. The minimum absolute atomic E-state index is 0.156. The molecule has 18 heavy (non-hydrogen) atoms. The summed E-state index contributed by atoms with van der Waals surface area (Å²) < 4.78 is 6.16. The number of rotatable bonds is 1. The van der Waals surface area contributed by atoms with Gasteiger partial charge in [-0.05, 0) is 46.9 Å². The van der Waals surface area contributed by atoms with Gasteiger partial charge in [0.05, 0.1) is 18.8 Å². The molecular weight excluding hydrogens is 363 g/mol. The van der Waals surface area contributed by atoms with Crippen molar-refractivity contribution in [2.45, 2.75) is 0 Å². The third-order valence-corrected chi connectivity index (χ3v) is 3.94. The molecular formula is C12H13IN2O2S. The summed E-state index contributed by atoms with van der Waals surface area (Å²) in [5.41, 5.74) is 0.647. The average molecular weight is 376 g/mol. The quantitative estimate of drug-likeness (QED) is 0.598. The summed E-state index contributed by atoms with van der Waals surface area (Å²) in [6, 6.07) is 7.43. The van der Waals surface area contributed by atoms with Crippen LogP contribution in [-0.4, -0.2) is 42.2 Å². The number of ether oxygens (including phenoxy) is 1. The Balaban J connectivity index is 1.99. The third-order valence-electron chi connectivity index (χ3n) is 2.64. The van der Waals surface area contributed by atoms with Crippen LogP contribution in [0.4, 0.5) is 0 Å². The Morgan fingerprint density at radius 2 is 2.00 bits per heavy atom. The van der Waals surface area contributed by atoms with Crippen molar-refractivity contribution in [2.75, 3.05) is 26.3 Å². The lowest BCUT2D eigenvalue weighted by Crippen LogP contribution is -2.47. The number of carbonyl (C=O) groups excluding carboxylic acids is 1. The lowest BCUT2D eigenvalue weighted by atomic mass is 10.2. The molecule has 0 bridgehead atoms. The standard InChI is InChI=1S/C12H13IN2O2S/c13-10-4-2-1-3-9(10)11(16)14-12(18)15-5-7-17-8-6-15/h1-4H,5-8H2,(H,14,16,18). The van der Waals surface area contributed by atoms with Gasteiger partial charge in [0.15, 0.2) is 5.11 Å². The highest BCUT2D eigenvalue weighted by Gasteiger charge is 2.17. The second-order valence-electron chi connectivity index (χ2n) is 3.84. The number of halogens is 1. The Labute approximate surface area is 125 Å². The van der Waals surface area contributed by atoms with E-state index >= 15 is 0 Å². The van der Waals surface area contributed by atoms with Crippen molar-refractivity contribution in [3.8, 4) is 0 Å². The van der Waals surface area contributed by atoms with Crippen molar-refractivity contribution in [3.63, 3.8) is 0 Å². The van der Waals surface area contributed by atoms with Crippen LogP contribution in [0.3, 0.4) is 0 Å². The van der Waals surface area contributed by atoms with Crippen molar-refractivity contribution < 1.29 is 9.53 Å². The summed E-state index contributed by atoms with van der Waals surface area (Å²) in [4.78, 5) is 14.0. The van der Waals surface area contributed by atoms with Crippen LogP contribution in [0.5, 0.6) is 0 Å². The lowest BCUT2D eigenvalue weighted by molar-refractivity contribution is 0.0669. The van der Waals surface area contributed by atoms with Crippen LogP contribution in [0.2, 0.25) is 0 Å². The smallest absolute Gasteiger partial charge is 0.258 e. The van der Waals surface area contributed by atoms with E-state index in [1.54, 1.807) is 6.07 Å². The van der Waals surface area contributed by atoms with E-state index in [-0.39, 0.29) is 5.91 Å². The van der Waals surface area contributed by atoms with Gasteiger partial charge in [-0.1, -0.05) is 12.1 Å². The van der Waals surface area contributed by atoms with Crippen LogP contribution >= 0.6 is 34.8 Å². The van der Waals surface area contributed by atoms with E-state index in [9.17, 15) is 4.79 Å². The Bertz CT molecular complexity index is 461. The lowest BCUT2D eigenvalue weighted by Gasteiger charge is -2.28. The SMILES string of the molecule is O=C(NC(=S)N1CCOCC1)c1ccccc1I. The van der Waals surface area contributed by atoms with Gasteiger partial charge in [-0.25, -0.2) is 0 Å². The predicted octanol–water partition coefficient (Wildman–Crippen LogP) is 1.64. The zero-order valence-electron chi connectivity index (χ0n) is 9.69. The summed E-state index contributed by atoms with van der Waals surface area (Å²) in [6.45, 7) is 2.76. The number of nitrogens with one attached hydrogen (secondary N) is 1. The molecule has 6 heteroatoms. The van der Waals surface area contributed by atoms with E-state index in [1.165, 1.54) is 0 Å². The first-order valence-electron chi connectivity index (χ1n) is 5.61. The number of thiocarbonyl (C=S) groups is 1. The van der Waals surface area contributed by atoms with Gasteiger partial charge in [0.1, 0.15) is 0 Å². The molecule has 96 valence electrons. The molecule has 4 nitrogen and oxygen atoms in total. The van der Waals surface area contributed by atoms with Crippen LogP contribution in [0.15, 0.2) is 24.3 Å². The fourth-order valence-corrected chi connectivity index (χ4v) is 2.56. The maximum Gasteiger partial charge on any atom is 0.258 e. The Morgan fingerprint density at radius 3 is 2.67 bits per heavy atom. The molecule has 0 atom stereocenters. The first kappa shape index (κ1) is 13.7. The molecule has 1 aliphatic rings. The number of hydrogen-bond donors (Lipinski definition) is 1. The van der Waals surface area contributed by atoms with Crippen molar-refractivity contribution in [3.05, 3.63) is 33.4 Å². The van der Waals surface area contributed by atoms with Crippen molar-refractivity contribution in [2.24, 2.45) is 0 Å². The van der Waals surface area contributed by atoms with Crippen LogP contribution in [0, 0.1) is 3.57 Å². The predicted molar refractivity (Wildman–Crippen MR) is 81.6 cm³/mol. The first-order chi connectivity index (χ1) is 8.68. The second-order valence-corrected chi connectivity index (χ2v) is 5.39. The molecule has 1 N–H and O–H groups in total. The molecule has 0 unspecified atom stereocenters. The summed E-state index contributed by atoms with van der Waals surface area (Å²) in [5.74, 6) is -0.156. The molecule has 0 radical (unpaired) electrons. The van der Waals surface area contributed by atoms with Gasteiger partial charge in [-0.3, -0.25) is 10.1 Å². The molecule has 1 saturated heterocycles. The zero-order valence-corrected chi connectivity index (χ0v) is 12.7. The number of morpholine rings is 1. The third kappa shape index (κ3) is 3.39. The second kappa shape index (κ2) is 6.44. The minimum atomic E-state index is -0.156. The fraction of sp³-hybridized carbons (Fsp3) is 0.333. The monoisotopic (exact) mass is 376 g/mol. The van der Waals surface area contributed by atoms with Gasteiger partial charge in [0.25, 0.3) is 5.91 Å². The molecule has 1 amide bonds. The first-order valence-corrected chi connectivity index (χ1v) is 7.09. The zero-order chi connectivity index (χ0) is 13.0. The van der Waals surface area contributed by atoms with E-state index in [0.717, 1.165) is 16.7 Å². The van der Waals surface area contributed by atoms with Gasteiger partial charge >= 0.3 is 0 Å². The molecule has 1 aromatic carbocycles. The molecule has 2 rings (SSSR count). The maximum absolute atomic E-state index is 12.1. The summed E-state index contributed by atoms with van der Waals surface area (Å²) >= 11 is 7.37. The number of carbonyl (C=O) groups is 1. The minimum Gasteiger partial charge on any atom is -0.378 e.